The second kappa shape index (κ2) is 6.06. The Morgan fingerprint density at radius 3 is 2.73 bits per heavy atom. The number of nitrogens with zero attached hydrogens (tertiary/aromatic N) is 1. The molecule has 1 atom stereocenters. The minimum atomic E-state index is -0.00356. The Balaban J connectivity index is 2.83. The molecule has 0 heterocycles. The molecule has 2 N–H and O–H groups in total. The maximum Gasteiger partial charge on any atom is 0.119 e. The van der Waals surface area contributed by atoms with Gasteiger partial charge < -0.3 is 10.3 Å². The Morgan fingerprint density at radius 2 is 2.13 bits per heavy atom. The third-order valence-electron chi connectivity index (χ3n) is 2.45. The number of phenols is 1. The maximum atomic E-state index is 9.66. The molecule has 82 valence electrons. The highest BCUT2D eigenvalue weighted by atomic mass is 16.4. The largest absolute Gasteiger partial charge is 0.508 e. The normalized spacial score (nSPS) is 13.1. The average Bonchev–Trinajstić information content (AvgIpc) is 2.25. The highest BCUT2D eigenvalue weighted by Crippen LogP contribution is 2.27. The van der Waals surface area contributed by atoms with Crippen LogP contribution in [0.15, 0.2) is 29.4 Å². The lowest BCUT2D eigenvalue weighted by Crippen LogP contribution is -2.00. The van der Waals surface area contributed by atoms with E-state index in [2.05, 4.69) is 12.1 Å². The molecule has 0 aliphatic heterocycles. The van der Waals surface area contributed by atoms with Crippen molar-refractivity contribution in [3.63, 3.8) is 0 Å². The van der Waals surface area contributed by atoms with Crippen molar-refractivity contribution in [2.45, 2.75) is 32.1 Å². The molecular formula is C12H17NO2. The summed E-state index contributed by atoms with van der Waals surface area (Å²) in [6.07, 6.45) is 4.50. The van der Waals surface area contributed by atoms with Crippen molar-refractivity contribution in [3.05, 3.63) is 29.8 Å². The third kappa shape index (κ3) is 3.27. The molecule has 0 aliphatic carbocycles. The zero-order valence-electron chi connectivity index (χ0n) is 8.93. The molecule has 15 heavy (non-hydrogen) atoms. The summed E-state index contributed by atoms with van der Waals surface area (Å²) in [5, 5.41) is 21.3. The Morgan fingerprint density at radius 1 is 1.40 bits per heavy atom. The van der Waals surface area contributed by atoms with Crippen molar-refractivity contribution >= 4 is 6.21 Å². The smallest absolute Gasteiger partial charge is 0.119 e. The van der Waals surface area contributed by atoms with E-state index < -0.39 is 0 Å². The molecule has 3 nitrogen and oxygen atoms in total. The third-order valence-corrected chi connectivity index (χ3v) is 2.45. The van der Waals surface area contributed by atoms with Gasteiger partial charge in [0.2, 0.25) is 0 Å². The Labute approximate surface area is 90.1 Å². The first-order valence-corrected chi connectivity index (χ1v) is 5.25. The van der Waals surface area contributed by atoms with Crippen LogP contribution in [-0.2, 0) is 0 Å². The summed E-state index contributed by atoms with van der Waals surface area (Å²) in [6, 6.07) is 7.17. The van der Waals surface area contributed by atoms with E-state index in [1.807, 2.05) is 12.1 Å². The van der Waals surface area contributed by atoms with Gasteiger partial charge in [-0.15, -0.1) is 5.16 Å². The first-order valence-electron chi connectivity index (χ1n) is 5.25. The highest BCUT2D eigenvalue weighted by Gasteiger charge is 2.12. The molecule has 0 amide bonds. The monoisotopic (exact) mass is 207 g/mol. The molecule has 0 bridgehead atoms. The van der Waals surface area contributed by atoms with Gasteiger partial charge in [-0.2, -0.15) is 0 Å². The topological polar surface area (TPSA) is 52.8 Å². The summed E-state index contributed by atoms with van der Waals surface area (Å²) in [5.74, 6) is 0.259. The van der Waals surface area contributed by atoms with Gasteiger partial charge in [0.1, 0.15) is 5.75 Å². The fourth-order valence-corrected chi connectivity index (χ4v) is 1.62. The van der Waals surface area contributed by atoms with Crippen molar-refractivity contribution in [3.8, 4) is 5.75 Å². The molecule has 1 unspecified atom stereocenters. The van der Waals surface area contributed by atoms with Gasteiger partial charge in [0.15, 0.2) is 0 Å². The van der Waals surface area contributed by atoms with E-state index in [4.69, 9.17) is 5.21 Å². The predicted octanol–water partition coefficient (Wildman–Crippen LogP) is 3.13. The predicted molar refractivity (Wildman–Crippen MR) is 60.7 cm³/mol. The number of unbranched alkanes of at least 4 members (excludes halogenated alkanes) is 1. The van der Waals surface area contributed by atoms with Crippen molar-refractivity contribution in [2.75, 3.05) is 0 Å². The Hall–Kier alpha value is -1.51. The van der Waals surface area contributed by atoms with Crippen molar-refractivity contribution in [1.29, 1.82) is 0 Å². The first kappa shape index (κ1) is 11.6. The summed E-state index contributed by atoms with van der Waals surface area (Å²) in [4.78, 5) is 0. The van der Waals surface area contributed by atoms with Crippen LogP contribution in [0.25, 0.3) is 0 Å². The molecule has 0 spiro atoms. The number of oxime groups is 1. The standard InChI is InChI=1S/C12H17NO2/c1-2-3-6-10(9-13-15)11-7-4-5-8-12(11)14/h4-5,7-10,14-15H,2-3,6H2,1H3. The van der Waals surface area contributed by atoms with Gasteiger partial charge in [0.25, 0.3) is 0 Å². The molecule has 0 aromatic heterocycles. The van der Waals surface area contributed by atoms with Gasteiger partial charge in [-0.25, -0.2) is 0 Å². The van der Waals surface area contributed by atoms with Crippen molar-refractivity contribution < 1.29 is 10.3 Å². The Kier molecular flexibility index (Phi) is 4.68. The second-order valence-electron chi connectivity index (χ2n) is 3.57. The fourth-order valence-electron chi connectivity index (χ4n) is 1.62. The molecular weight excluding hydrogens is 190 g/mol. The number of rotatable bonds is 5. The average molecular weight is 207 g/mol. The number of phenolic OH excluding ortho intramolecular Hbond substituents is 1. The SMILES string of the molecule is CCCCC(C=NO)c1ccccc1O. The van der Waals surface area contributed by atoms with Crippen LogP contribution in [0.4, 0.5) is 0 Å². The van der Waals surface area contributed by atoms with Gasteiger partial charge in [-0.3, -0.25) is 0 Å². The minimum Gasteiger partial charge on any atom is -0.508 e. The number of benzene rings is 1. The van der Waals surface area contributed by atoms with Crippen molar-refractivity contribution in [1.82, 2.24) is 0 Å². The molecule has 0 aliphatic rings. The van der Waals surface area contributed by atoms with E-state index in [9.17, 15) is 5.11 Å². The molecule has 0 saturated carbocycles. The molecule has 1 aromatic carbocycles. The maximum absolute atomic E-state index is 9.66. The molecule has 1 rings (SSSR count). The quantitative estimate of drug-likeness (QED) is 0.443. The fraction of sp³-hybridized carbons (Fsp3) is 0.417. The molecule has 0 saturated heterocycles. The zero-order valence-corrected chi connectivity index (χ0v) is 8.93. The van der Waals surface area contributed by atoms with Crippen LogP contribution in [0.3, 0.4) is 0 Å². The number of para-hydroxylation sites is 1. The van der Waals surface area contributed by atoms with E-state index in [1.165, 1.54) is 6.21 Å². The van der Waals surface area contributed by atoms with E-state index in [-0.39, 0.29) is 11.7 Å². The van der Waals surface area contributed by atoms with E-state index in [1.54, 1.807) is 12.1 Å². The van der Waals surface area contributed by atoms with Crippen LogP contribution in [0.1, 0.15) is 37.7 Å². The second-order valence-corrected chi connectivity index (χ2v) is 3.57. The summed E-state index contributed by atoms with van der Waals surface area (Å²) in [5.41, 5.74) is 0.823. The van der Waals surface area contributed by atoms with Crippen LogP contribution in [0.5, 0.6) is 5.75 Å². The zero-order chi connectivity index (χ0) is 11.1. The Bertz CT molecular complexity index is 323. The van der Waals surface area contributed by atoms with Gasteiger partial charge in [-0.1, -0.05) is 38.0 Å². The van der Waals surface area contributed by atoms with Crippen LogP contribution >= 0.6 is 0 Å². The summed E-state index contributed by atoms with van der Waals surface area (Å²) in [7, 11) is 0. The van der Waals surface area contributed by atoms with Crippen molar-refractivity contribution in [2.24, 2.45) is 5.16 Å². The van der Waals surface area contributed by atoms with E-state index >= 15 is 0 Å². The molecule has 0 fully saturated rings. The van der Waals surface area contributed by atoms with Gasteiger partial charge in [0.05, 0.1) is 6.21 Å². The number of hydrogen-bond donors (Lipinski definition) is 2. The summed E-state index contributed by atoms with van der Waals surface area (Å²) < 4.78 is 0. The van der Waals surface area contributed by atoms with Gasteiger partial charge in [-0.05, 0) is 12.5 Å². The lowest BCUT2D eigenvalue weighted by molar-refractivity contribution is 0.319. The van der Waals surface area contributed by atoms with E-state index in [0.717, 1.165) is 24.8 Å². The summed E-state index contributed by atoms with van der Waals surface area (Å²) in [6.45, 7) is 2.11. The van der Waals surface area contributed by atoms with Gasteiger partial charge >= 0.3 is 0 Å². The van der Waals surface area contributed by atoms with Crippen LogP contribution in [0, 0.1) is 0 Å². The number of hydrogen-bond acceptors (Lipinski definition) is 3. The lowest BCUT2D eigenvalue weighted by atomic mass is 9.94. The molecule has 0 radical (unpaired) electrons. The highest BCUT2D eigenvalue weighted by molar-refractivity contribution is 5.68. The van der Waals surface area contributed by atoms with E-state index in [0.29, 0.717) is 0 Å². The summed E-state index contributed by atoms with van der Waals surface area (Å²) >= 11 is 0. The number of aromatic hydroxyl groups is 1. The minimum absolute atomic E-state index is 0.00356. The lowest BCUT2D eigenvalue weighted by Gasteiger charge is -2.12. The molecule has 3 heteroatoms. The first-order chi connectivity index (χ1) is 7.29. The van der Waals surface area contributed by atoms with Crippen LogP contribution in [-0.4, -0.2) is 16.5 Å². The molecule has 1 aromatic rings. The van der Waals surface area contributed by atoms with Gasteiger partial charge in [0, 0.05) is 11.5 Å². The van der Waals surface area contributed by atoms with Crippen LogP contribution in [0.2, 0.25) is 0 Å². The van der Waals surface area contributed by atoms with Crippen LogP contribution < -0.4 is 0 Å².